The Morgan fingerprint density at radius 1 is 1.24 bits per heavy atom. The third kappa shape index (κ3) is 6.26. The van der Waals surface area contributed by atoms with Crippen LogP contribution in [0.4, 0.5) is 19.7 Å². The molecule has 9 nitrogen and oxygen atoms in total. The number of halogens is 2. The Bertz CT molecular complexity index is 1030. The summed E-state index contributed by atoms with van der Waals surface area (Å²) in [5, 5.41) is 15.0. The average molecular weight is 479 g/mol. The summed E-state index contributed by atoms with van der Waals surface area (Å²) >= 11 is 5.93. The van der Waals surface area contributed by atoms with Crippen molar-refractivity contribution in [1.29, 1.82) is 0 Å². The molecule has 3 rings (SSSR count). The van der Waals surface area contributed by atoms with Crippen molar-refractivity contribution in [1.82, 2.24) is 15.1 Å². The molecule has 4 amide bonds. The molecule has 2 aromatic rings. The third-order valence-electron chi connectivity index (χ3n) is 4.71. The van der Waals surface area contributed by atoms with Gasteiger partial charge in [0.25, 0.3) is 0 Å². The van der Waals surface area contributed by atoms with Gasteiger partial charge in [0.1, 0.15) is 0 Å². The smallest absolute Gasteiger partial charge is 0.331 e. The Kier molecular flexibility index (Phi) is 7.59. The third-order valence-corrected chi connectivity index (χ3v) is 4.96. The molecule has 0 aliphatic carbocycles. The maximum absolute atomic E-state index is 14.4. The topological polar surface area (TPSA) is 111 Å². The van der Waals surface area contributed by atoms with Gasteiger partial charge in [-0.05, 0) is 43.7 Å². The highest BCUT2D eigenvalue weighted by molar-refractivity contribution is 6.30. The molecule has 11 heteroatoms. The van der Waals surface area contributed by atoms with Gasteiger partial charge in [-0.25, -0.2) is 18.9 Å². The van der Waals surface area contributed by atoms with Crippen LogP contribution < -0.4 is 15.4 Å². The van der Waals surface area contributed by atoms with E-state index in [2.05, 4.69) is 10.6 Å². The fourth-order valence-electron chi connectivity index (χ4n) is 3.19. The largest absolute Gasteiger partial charge is 0.488 e. The molecule has 0 bridgehead atoms. The molecule has 1 aliphatic heterocycles. The highest BCUT2D eigenvalue weighted by Crippen LogP contribution is 2.24. The molecule has 0 spiro atoms. The fraction of sp³-hybridized carbons (Fsp3) is 0.318. The van der Waals surface area contributed by atoms with E-state index in [1.807, 2.05) is 0 Å². The van der Waals surface area contributed by atoms with Gasteiger partial charge < -0.3 is 15.2 Å². The first-order valence-electron chi connectivity index (χ1n) is 10.2. The SMILES string of the molecule is CC(C)Oc1ccc(NC2NC(=O)N(CCC(=O)O)C(=O)N2Cc2ccc(Cl)cc2)cc1F. The zero-order valence-corrected chi connectivity index (χ0v) is 18.8. The summed E-state index contributed by atoms with van der Waals surface area (Å²) in [6.45, 7) is 3.34. The molecule has 1 unspecified atom stereocenters. The second kappa shape index (κ2) is 10.4. The monoisotopic (exact) mass is 478 g/mol. The van der Waals surface area contributed by atoms with E-state index in [0.717, 1.165) is 10.5 Å². The number of nitrogens with one attached hydrogen (secondary N) is 2. The number of benzene rings is 2. The Hall–Kier alpha value is -3.53. The molecule has 33 heavy (non-hydrogen) atoms. The van der Waals surface area contributed by atoms with Crippen molar-refractivity contribution < 1.29 is 28.6 Å². The van der Waals surface area contributed by atoms with Crippen molar-refractivity contribution >= 4 is 35.3 Å². The number of carboxylic acid groups (broad SMARTS) is 1. The molecule has 1 saturated heterocycles. The van der Waals surface area contributed by atoms with E-state index in [4.69, 9.17) is 21.4 Å². The van der Waals surface area contributed by atoms with Gasteiger partial charge in [-0.15, -0.1) is 0 Å². The lowest BCUT2D eigenvalue weighted by atomic mass is 10.2. The Labute approximate surface area is 195 Å². The van der Waals surface area contributed by atoms with Crippen molar-refractivity contribution in [3.8, 4) is 5.75 Å². The number of ether oxygens (including phenoxy) is 1. The maximum Gasteiger partial charge on any atom is 0.331 e. The van der Waals surface area contributed by atoms with Crippen molar-refractivity contribution in [2.75, 3.05) is 11.9 Å². The molecular weight excluding hydrogens is 455 g/mol. The number of nitrogens with zero attached hydrogens (tertiary/aromatic N) is 2. The summed E-state index contributed by atoms with van der Waals surface area (Å²) in [7, 11) is 0. The van der Waals surface area contributed by atoms with Gasteiger partial charge in [-0.1, -0.05) is 23.7 Å². The lowest BCUT2D eigenvalue weighted by molar-refractivity contribution is -0.137. The summed E-state index contributed by atoms with van der Waals surface area (Å²) in [6.07, 6.45) is -1.62. The van der Waals surface area contributed by atoms with Crippen LogP contribution >= 0.6 is 11.6 Å². The Balaban J connectivity index is 1.84. The molecule has 1 fully saturated rings. The van der Waals surface area contributed by atoms with E-state index in [-0.39, 0.29) is 24.9 Å². The van der Waals surface area contributed by atoms with Crippen LogP contribution in [0, 0.1) is 5.82 Å². The van der Waals surface area contributed by atoms with Crippen LogP contribution in [0.5, 0.6) is 5.75 Å². The van der Waals surface area contributed by atoms with E-state index in [1.54, 1.807) is 44.2 Å². The van der Waals surface area contributed by atoms with Crippen molar-refractivity contribution in [2.24, 2.45) is 0 Å². The van der Waals surface area contributed by atoms with E-state index >= 15 is 0 Å². The van der Waals surface area contributed by atoms with Crippen LogP contribution in [0.1, 0.15) is 25.8 Å². The summed E-state index contributed by atoms with van der Waals surface area (Å²) < 4.78 is 19.8. The Morgan fingerprint density at radius 2 is 1.94 bits per heavy atom. The minimum Gasteiger partial charge on any atom is -0.488 e. The van der Waals surface area contributed by atoms with E-state index in [0.29, 0.717) is 10.7 Å². The summed E-state index contributed by atoms with van der Waals surface area (Å²) in [6, 6.07) is 9.55. The van der Waals surface area contributed by atoms with Crippen LogP contribution in [0.3, 0.4) is 0 Å². The first-order valence-corrected chi connectivity index (χ1v) is 10.6. The normalized spacial score (nSPS) is 16.1. The molecule has 176 valence electrons. The van der Waals surface area contributed by atoms with Gasteiger partial charge in [0.15, 0.2) is 17.9 Å². The lowest BCUT2D eigenvalue weighted by Crippen LogP contribution is -2.67. The number of carboxylic acids is 1. The quantitative estimate of drug-likeness (QED) is 0.500. The van der Waals surface area contributed by atoms with Crippen molar-refractivity contribution in [3.63, 3.8) is 0 Å². The number of anilines is 1. The Morgan fingerprint density at radius 3 is 2.55 bits per heavy atom. The van der Waals surface area contributed by atoms with E-state index in [9.17, 15) is 18.8 Å². The second-order valence-electron chi connectivity index (χ2n) is 7.64. The maximum atomic E-state index is 14.4. The number of carbonyl (C=O) groups is 3. The van der Waals surface area contributed by atoms with Gasteiger partial charge in [0, 0.05) is 23.3 Å². The predicted molar refractivity (Wildman–Crippen MR) is 119 cm³/mol. The first-order chi connectivity index (χ1) is 15.6. The number of aliphatic carboxylic acids is 1. The highest BCUT2D eigenvalue weighted by atomic mass is 35.5. The zero-order chi connectivity index (χ0) is 24.1. The number of rotatable bonds is 9. The summed E-state index contributed by atoms with van der Waals surface area (Å²) in [4.78, 5) is 38.7. The van der Waals surface area contributed by atoms with Crippen LogP contribution in [-0.2, 0) is 11.3 Å². The van der Waals surface area contributed by atoms with Gasteiger partial charge in [-0.3, -0.25) is 15.0 Å². The standard InChI is InChI=1S/C22H24ClFN4O5/c1-13(2)33-18-8-7-16(11-17(18)24)25-20-26-21(31)27(10-9-19(29)30)22(32)28(20)12-14-3-5-15(23)6-4-14/h3-8,11,13,20,25H,9-10,12H2,1-2H3,(H,26,31)(H,29,30). The molecule has 1 aliphatic rings. The van der Waals surface area contributed by atoms with Crippen molar-refractivity contribution in [2.45, 2.75) is 39.2 Å². The molecular formula is C22H24ClFN4O5. The second-order valence-corrected chi connectivity index (χ2v) is 8.08. The molecule has 1 atom stereocenters. The number of amides is 4. The van der Waals surface area contributed by atoms with Gasteiger partial charge in [0.2, 0.25) is 0 Å². The number of hydrogen-bond donors (Lipinski definition) is 3. The van der Waals surface area contributed by atoms with Crippen LogP contribution in [0.25, 0.3) is 0 Å². The lowest BCUT2D eigenvalue weighted by Gasteiger charge is -2.41. The van der Waals surface area contributed by atoms with Gasteiger partial charge >= 0.3 is 18.0 Å². The molecule has 0 radical (unpaired) electrons. The number of urea groups is 2. The average Bonchev–Trinajstić information content (AvgIpc) is 2.73. The first kappa shape index (κ1) is 24.1. The van der Waals surface area contributed by atoms with E-state index in [1.165, 1.54) is 17.0 Å². The number of imide groups is 1. The highest BCUT2D eigenvalue weighted by Gasteiger charge is 2.38. The molecule has 3 N–H and O–H groups in total. The van der Waals surface area contributed by atoms with Gasteiger partial charge in [-0.2, -0.15) is 0 Å². The summed E-state index contributed by atoms with van der Waals surface area (Å²) in [5.41, 5.74) is 1.03. The van der Waals surface area contributed by atoms with Crippen molar-refractivity contribution in [3.05, 3.63) is 58.9 Å². The summed E-state index contributed by atoms with van der Waals surface area (Å²) in [5.74, 6) is -1.66. The molecule has 2 aromatic carbocycles. The minimum atomic E-state index is -1.14. The number of hydrogen-bond acceptors (Lipinski definition) is 5. The zero-order valence-electron chi connectivity index (χ0n) is 18.0. The minimum absolute atomic E-state index is 0.0779. The molecule has 0 saturated carbocycles. The number of carbonyl (C=O) groups excluding carboxylic acids is 2. The predicted octanol–water partition coefficient (Wildman–Crippen LogP) is 4.08. The van der Waals surface area contributed by atoms with Gasteiger partial charge in [0.05, 0.1) is 19.1 Å². The molecule has 0 aromatic heterocycles. The van der Waals surface area contributed by atoms with Crippen LogP contribution in [0.15, 0.2) is 42.5 Å². The fourth-order valence-corrected chi connectivity index (χ4v) is 3.31. The van der Waals surface area contributed by atoms with Crippen LogP contribution in [0.2, 0.25) is 5.02 Å². The van der Waals surface area contributed by atoms with E-state index < -0.39 is 36.6 Å². The van der Waals surface area contributed by atoms with Crippen LogP contribution in [-0.4, -0.2) is 51.9 Å². The molecule has 1 heterocycles.